The molecule has 0 radical (unpaired) electrons. The first-order valence-corrected chi connectivity index (χ1v) is 6.69. The van der Waals surface area contributed by atoms with Crippen LogP contribution in [0.15, 0.2) is 12.4 Å². The predicted octanol–water partition coefficient (Wildman–Crippen LogP) is 2.46. The number of nitrogens with one attached hydrogen (secondary N) is 1. The normalized spacial score (nSPS) is 13.1. The number of hydrogen-bond acceptors (Lipinski definition) is 4. The first-order chi connectivity index (χ1) is 8.41. The van der Waals surface area contributed by atoms with Gasteiger partial charge in [0.2, 0.25) is 5.95 Å². The van der Waals surface area contributed by atoms with Crippen LogP contribution in [0.3, 0.4) is 0 Å². The predicted molar refractivity (Wildman–Crippen MR) is 76.7 cm³/mol. The van der Waals surface area contributed by atoms with E-state index in [-0.39, 0.29) is 0 Å². The van der Waals surface area contributed by atoms with Crippen LogP contribution >= 0.6 is 0 Å². The summed E-state index contributed by atoms with van der Waals surface area (Å²) >= 11 is 0. The average molecular weight is 250 g/mol. The highest BCUT2D eigenvalue weighted by Gasteiger charge is 2.15. The van der Waals surface area contributed by atoms with E-state index < -0.39 is 0 Å². The van der Waals surface area contributed by atoms with Gasteiger partial charge >= 0.3 is 0 Å². The lowest BCUT2D eigenvalue weighted by Crippen LogP contribution is -2.34. The molecule has 4 nitrogen and oxygen atoms in total. The van der Waals surface area contributed by atoms with Gasteiger partial charge in [0, 0.05) is 43.6 Å². The molecule has 1 atom stereocenters. The molecule has 0 saturated carbocycles. The minimum atomic E-state index is 0.435. The van der Waals surface area contributed by atoms with Gasteiger partial charge in [0.25, 0.3) is 0 Å². The zero-order chi connectivity index (χ0) is 13.7. The van der Waals surface area contributed by atoms with Gasteiger partial charge in [0.05, 0.1) is 0 Å². The van der Waals surface area contributed by atoms with Crippen molar-refractivity contribution in [2.45, 2.75) is 53.2 Å². The van der Waals surface area contributed by atoms with Gasteiger partial charge in [-0.05, 0) is 12.8 Å². The van der Waals surface area contributed by atoms with Crippen molar-refractivity contribution in [2.24, 2.45) is 5.92 Å². The smallest absolute Gasteiger partial charge is 0.225 e. The number of nitrogens with zero attached hydrogens (tertiary/aromatic N) is 3. The highest BCUT2D eigenvalue weighted by Crippen LogP contribution is 2.14. The first kappa shape index (κ1) is 14.9. The van der Waals surface area contributed by atoms with Crippen molar-refractivity contribution in [3.05, 3.63) is 18.0 Å². The molecule has 0 aliphatic rings. The molecular formula is C14H26N4. The van der Waals surface area contributed by atoms with E-state index in [1.165, 1.54) is 0 Å². The largest absolute Gasteiger partial charge is 0.341 e. The molecule has 1 aromatic rings. The van der Waals surface area contributed by atoms with Crippen molar-refractivity contribution >= 4 is 5.95 Å². The third-order valence-electron chi connectivity index (χ3n) is 3.30. The molecule has 0 saturated heterocycles. The highest BCUT2D eigenvalue weighted by molar-refractivity contribution is 5.30. The van der Waals surface area contributed by atoms with Crippen molar-refractivity contribution < 1.29 is 0 Å². The van der Waals surface area contributed by atoms with Gasteiger partial charge in [-0.25, -0.2) is 9.97 Å². The second-order valence-corrected chi connectivity index (χ2v) is 5.52. The maximum absolute atomic E-state index is 4.43. The third kappa shape index (κ3) is 4.26. The van der Waals surface area contributed by atoms with Crippen molar-refractivity contribution in [2.75, 3.05) is 11.9 Å². The van der Waals surface area contributed by atoms with Crippen LogP contribution in [0, 0.1) is 5.92 Å². The van der Waals surface area contributed by atoms with Crippen molar-refractivity contribution in [1.82, 2.24) is 15.3 Å². The van der Waals surface area contributed by atoms with Gasteiger partial charge in [-0.2, -0.15) is 0 Å². The summed E-state index contributed by atoms with van der Waals surface area (Å²) in [6, 6.07) is 0.915. The van der Waals surface area contributed by atoms with E-state index in [4.69, 9.17) is 0 Å². The van der Waals surface area contributed by atoms with E-state index >= 15 is 0 Å². The summed E-state index contributed by atoms with van der Waals surface area (Å²) in [4.78, 5) is 11.0. The summed E-state index contributed by atoms with van der Waals surface area (Å²) < 4.78 is 0. The lowest BCUT2D eigenvalue weighted by Gasteiger charge is -2.27. The molecule has 0 aromatic carbocycles. The molecule has 0 fully saturated rings. The first-order valence-electron chi connectivity index (χ1n) is 6.69. The zero-order valence-electron chi connectivity index (χ0n) is 12.4. The van der Waals surface area contributed by atoms with Crippen LogP contribution in [0.2, 0.25) is 0 Å². The Morgan fingerprint density at radius 1 is 1.11 bits per heavy atom. The molecular weight excluding hydrogens is 224 g/mol. The molecule has 0 bridgehead atoms. The lowest BCUT2D eigenvalue weighted by atomic mass is 10.1. The van der Waals surface area contributed by atoms with Crippen LogP contribution in [-0.2, 0) is 6.54 Å². The molecule has 1 heterocycles. The molecule has 1 N–H and O–H groups in total. The number of hydrogen-bond donors (Lipinski definition) is 1. The second-order valence-electron chi connectivity index (χ2n) is 5.52. The second kappa shape index (κ2) is 6.69. The van der Waals surface area contributed by atoms with E-state index in [1.807, 2.05) is 19.4 Å². The maximum atomic E-state index is 4.43. The van der Waals surface area contributed by atoms with Crippen LogP contribution in [0.1, 0.15) is 40.2 Å². The average Bonchev–Trinajstić information content (AvgIpc) is 2.35. The summed E-state index contributed by atoms with van der Waals surface area (Å²) in [7, 11) is 2.05. The van der Waals surface area contributed by atoms with Crippen LogP contribution in [0.25, 0.3) is 0 Å². The molecule has 18 heavy (non-hydrogen) atoms. The number of anilines is 1. The fraction of sp³-hybridized carbons (Fsp3) is 0.714. The Kier molecular flexibility index (Phi) is 5.54. The molecule has 0 aliphatic heterocycles. The fourth-order valence-corrected chi connectivity index (χ4v) is 1.57. The summed E-state index contributed by atoms with van der Waals surface area (Å²) in [6.07, 6.45) is 3.81. The number of rotatable bonds is 6. The minimum absolute atomic E-state index is 0.435. The van der Waals surface area contributed by atoms with E-state index in [0.29, 0.717) is 18.0 Å². The van der Waals surface area contributed by atoms with Gasteiger partial charge in [0.15, 0.2) is 0 Å². The van der Waals surface area contributed by atoms with Gasteiger partial charge < -0.3 is 10.2 Å². The van der Waals surface area contributed by atoms with Crippen molar-refractivity contribution in [1.29, 1.82) is 0 Å². The van der Waals surface area contributed by atoms with Crippen LogP contribution in [0.5, 0.6) is 0 Å². The molecule has 1 rings (SSSR count). The summed E-state index contributed by atoms with van der Waals surface area (Å²) in [5.74, 6) is 1.38. The van der Waals surface area contributed by atoms with Gasteiger partial charge in [-0.3, -0.25) is 0 Å². The van der Waals surface area contributed by atoms with Gasteiger partial charge in [-0.15, -0.1) is 0 Å². The topological polar surface area (TPSA) is 41.1 Å². The van der Waals surface area contributed by atoms with E-state index in [9.17, 15) is 0 Å². The molecule has 1 aromatic heterocycles. The Morgan fingerprint density at radius 3 is 2.11 bits per heavy atom. The summed E-state index contributed by atoms with van der Waals surface area (Å²) in [5, 5.41) is 3.36. The van der Waals surface area contributed by atoms with Gasteiger partial charge in [-0.1, -0.05) is 27.7 Å². The van der Waals surface area contributed by atoms with Gasteiger partial charge in [0.1, 0.15) is 0 Å². The number of aromatic nitrogens is 2. The molecule has 102 valence electrons. The van der Waals surface area contributed by atoms with Crippen LogP contribution < -0.4 is 10.2 Å². The monoisotopic (exact) mass is 250 g/mol. The Morgan fingerprint density at radius 2 is 1.67 bits per heavy atom. The summed E-state index contributed by atoms with van der Waals surface area (Å²) in [6.45, 7) is 11.7. The Balaban J connectivity index is 2.64. The Hall–Kier alpha value is -1.16. The third-order valence-corrected chi connectivity index (χ3v) is 3.30. The maximum Gasteiger partial charge on any atom is 0.225 e. The van der Waals surface area contributed by atoms with E-state index in [2.05, 4.69) is 54.8 Å². The molecule has 0 aliphatic carbocycles. The van der Waals surface area contributed by atoms with Crippen LogP contribution in [-0.4, -0.2) is 29.1 Å². The van der Waals surface area contributed by atoms with E-state index in [0.717, 1.165) is 18.1 Å². The van der Waals surface area contributed by atoms with E-state index in [1.54, 1.807) is 0 Å². The highest BCUT2D eigenvalue weighted by atomic mass is 15.2. The Bertz CT molecular complexity index is 345. The Labute approximate surface area is 111 Å². The zero-order valence-corrected chi connectivity index (χ0v) is 12.4. The minimum Gasteiger partial charge on any atom is -0.341 e. The molecule has 0 amide bonds. The molecule has 0 spiro atoms. The van der Waals surface area contributed by atoms with Crippen LogP contribution in [0.4, 0.5) is 5.95 Å². The standard InChI is InChI=1S/C14H26N4/c1-10(2)12(5)18(6)14-16-8-13(9-17-14)7-15-11(3)4/h8-12,15H,7H2,1-6H3. The fourth-order valence-electron chi connectivity index (χ4n) is 1.57. The van der Waals surface area contributed by atoms with Crippen molar-refractivity contribution in [3.63, 3.8) is 0 Å². The lowest BCUT2D eigenvalue weighted by molar-refractivity contribution is 0.499. The molecule has 4 heteroatoms. The SMILES string of the molecule is CC(C)NCc1cnc(N(C)C(C)C(C)C)nc1. The van der Waals surface area contributed by atoms with Crippen molar-refractivity contribution in [3.8, 4) is 0 Å². The molecule has 1 unspecified atom stereocenters. The summed E-state index contributed by atoms with van der Waals surface area (Å²) in [5.41, 5.74) is 1.12. The quantitative estimate of drug-likeness (QED) is 0.842.